The minimum absolute atomic E-state index is 0.00676. The van der Waals surface area contributed by atoms with Gasteiger partial charge in [-0.3, -0.25) is 10.1 Å². The van der Waals surface area contributed by atoms with Crippen LogP contribution in [0.15, 0.2) is 29.4 Å². The summed E-state index contributed by atoms with van der Waals surface area (Å²) in [6.45, 7) is 1.38. The standard InChI is InChI=1S/C11H10N2O5/c1-11(10(14)15)6-8(12-18-11)7-4-2-3-5-9(7)13(16)17/h2-5H,6H2,1H3,(H,14,15)/t11-/m1/s1. The van der Waals surface area contributed by atoms with Crippen molar-refractivity contribution in [3.8, 4) is 0 Å². The number of nitro benzene ring substituents is 1. The Morgan fingerprint density at radius 3 is 2.78 bits per heavy atom. The first-order valence-electron chi connectivity index (χ1n) is 5.16. The van der Waals surface area contributed by atoms with Gasteiger partial charge in [-0.05, 0) is 13.0 Å². The van der Waals surface area contributed by atoms with Crippen molar-refractivity contribution in [1.82, 2.24) is 0 Å². The predicted octanol–water partition coefficient (Wildman–Crippen LogP) is 1.56. The lowest BCUT2D eigenvalue weighted by Gasteiger charge is -2.14. The monoisotopic (exact) mass is 250 g/mol. The zero-order chi connectivity index (χ0) is 13.3. The van der Waals surface area contributed by atoms with Crippen LogP contribution in [-0.4, -0.2) is 27.3 Å². The van der Waals surface area contributed by atoms with Crippen LogP contribution in [0.3, 0.4) is 0 Å². The zero-order valence-corrected chi connectivity index (χ0v) is 9.49. The molecular formula is C11H10N2O5. The second-order valence-electron chi connectivity index (χ2n) is 4.12. The molecular weight excluding hydrogens is 240 g/mol. The van der Waals surface area contributed by atoms with Crippen LogP contribution in [-0.2, 0) is 9.63 Å². The molecule has 7 heteroatoms. The van der Waals surface area contributed by atoms with Crippen molar-refractivity contribution >= 4 is 17.4 Å². The molecule has 0 unspecified atom stereocenters. The molecule has 1 aromatic carbocycles. The van der Waals surface area contributed by atoms with E-state index < -0.39 is 16.5 Å². The molecule has 1 aliphatic heterocycles. The number of rotatable bonds is 3. The summed E-state index contributed by atoms with van der Waals surface area (Å²) in [6, 6.07) is 6.03. The normalized spacial score (nSPS) is 22.2. The minimum atomic E-state index is -1.46. The van der Waals surface area contributed by atoms with Gasteiger partial charge >= 0.3 is 5.97 Å². The van der Waals surface area contributed by atoms with Gasteiger partial charge in [-0.2, -0.15) is 0 Å². The molecule has 94 valence electrons. The number of carboxylic acids is 1. The number of oxime groups is 1. The summed E-state index contributed by atoms with van der Waals surface area (Å²) in [5.41, 5.74) is -1.02. The zero-order valence-electron chi connectivity index (χ0n) is 9.49. The number of carbonyl (C=O) groups is 1. The molecule has 0 aromatic heterocycles. The highest BCUT2D eigenvalue weighted by Gasteiger charge is 2.43. The molecule has 18 heavy (non-hydrogen) atoms. The summed E-state index contributed by atoms with van der Waals surface area (Å²) in [5, 5.41) is 23.5. The van der Waals surface area contributed by atoms with Crippen LogP contribution in [0.2, 0.25) is 0 Å². The van der Waals surface area contributed by atoms with Gasteiger partial charge in [-0.15, -0.1) is 0 Å². The molecule has 2 rings (SSSR count). The summed E-state index contributed by atoms with van der Waals surface area (Å²) in [6.07, 6.45) is -0.00676. The van der Waals surface area contributed by atoms with Gasteiger partial charge in [0.05, 0.1) is 16.2 Å². The Hall–Kier alpha value is -2.44. The highest BCUT2D eigenvalue weighted by molar-refractivity contribution is 6.07. The van der Waals surface area contributed by atoms with Crippen LogP contribution in [0.4, 0.5) is 5.69 Å². The Labute approximate surface area is 102 Å². The lowest BCUT2D eigenvalue weighted by atomic mass is 9.95. The van der Waals surface area contributed by atoms with E-state index in [-0.39, 0.29) is 23.4 Å². The SMILES string of the molecule is C[C@]1(C(=O)O)CC(c2ccccc2[N+](=O)[O-])=NO1. The summed E-state index contributed by atoms with van der Waals surface area (Å²) < 4.78 is 0. The fraction of sp³-hybridized carbons (Fsp3) is 0.273. The van der Waals surface area contributed by atoms with E-state index >= 15 is 0 Å². The minimum Gasteiger partial charge on any atom is -0.478 e. The van der Waals surface area contributed by atoms with Gasteiger partial charge in [0.25, 0.3) is 5.69 Å². The largest absolute Gasteiger partial charge is 0.478 e. The Kier molecular flexibility index (Phi) is 2.74. The van der Waals surface area contributed by atoms with Crippen LogP contribution in [0.25, 0.3) is 0 Å². The predicted molar refractivity (Wildman–Crippen MR) is 61.4 cm³/mol. The van der Waals surface area contributed by atoms with Crippen LogP contribution in [0.1, 0.15) is 18.9 Å². The second kappa shape index (κ2) is 4.10. The van der Waals surface area contributed by atoms with Crippen LogP contribution in [0.5, 0.6) is 0 Å². The first-order valence-corrected chi connectivity index (χ1v) is 5.16. The Balaban J connectivity index is 2.36. The molecule has 0 bridgehead atoms. The van der Waals surface area contributed by atoms with E-state index in [1.54, 1.807) is 6.07 Å². The molecule has 1 aromatic rings. The number of nitrogens with zero attached hydrogens (tertiary/aromatic N) is 2. The Morgan fingerprint density at radius 2 is 2.22 bits per heavy atom. The van der Waals surface area contributed by atoms with Crippen LogP contribution >= 0.6 is 0 Å². The molecule has 7 nitrogen and oxygen atoms in total. The topological polar surface area (TPSA) is 102 Å². The maximum absolute atomic E-state index is 11.0. The quantitative estimate of drug-likeness (QED) is 0.647. The van der Waals surface area contributed by atoms with Crippen molar-refractivity contribution in [3.05, 3.63) is 39.9 Å². The number of carboxylic acid groups (broad SMARTS) is 1. The van der Waals surface area contributed by atoms with Gasteiger partial charge in [-0.1, -0.05) is 17.3 Å². The molecule has 0 saturated carbocycles. The van der Waals surface area contributed by atoms with Gasteiger partial charge in [0.1, 0.15) is 0 Å². The molecule has 0 aliphatic carbocycles. The first kappa shape index (κ1) is 12.0. The van der Waals surface area contributed by atoms with E-state index in [1.165, 1.54) is 25.1 Å². The molecule has 0 amide bonds. The Morgan fingerprint density at radius 1 is 1.56 bits per heavy atom. The maximum atomic E-state index is 11.0. The average molecular weight is 250 g/mol. The third kappa shape index (κ3) is 1.90. The number of nitro groups is 1. The fourth-order valence-electron chi connectivity index (χ4n) is 1.68. The molecule has 0 saturated heterocycles. The lowest BCUT2D eigenvalue weighted by Crippen LogP contribution is -2.35. The van der Waals surface area contributed by atoms with Crippen molar-refractivity contribution in [2.45, 2.75) is 18.9 Å². The van der Waals surface area contributed by atoms with Crippen molar-refractivity contribution < 1.29 is 19.7 Å². The van der Waals surface area contributed by atoms with E-state index in [9.17, 15) is 14.9 Å². The summed E-state index contributed by atoms with van der Waals surface area (Å²) >= 11 is 0. The van der Waals surface area contributed by atoms with E-state index in [1.807, 2.05) is 0 Å². The molecule has 1 aliphatic rings. The highest BCUT2D eigenvalue weighted by atomic mass is 16.7. The number of hydrogen-bond donors (Lipinski definition) is 1. The third-order valence-corrected chi connectivity index (χ3v) is 2.73. The summed E-state index contributed by atoms with van der Waals surface area (Å²) in [4.78, 5) is 26.2. The van der Waals surface area contributed by atoms with Gasteiger partial charge in [0.15, 0.2) is 0 Å². The van der Waals surface area contributed by atoms with Gasteiger partial charge in [-0.25, -0.2) is 4.79 Å². The van der Waals surface area contributed by atoms with E-state index in [0.717, 1.165) is 0 Å². The maximum Gasteiger partial charge on any atom is 0.351 e. The van der Waals surface area contributed by atoms with Gasteiger partial charge in [0, 0.05) is 12.5 Å². The second-order valence-corrected chi connectivity index (χ2v) is 4.12. The average Bonchev–Trinajstić information content (AvgIpc) is 2.73. The summed E-state index contributed by atoms with van der Waals surface area (Å²) in [5.74, 6) is -1.15. The van der Waals surface area contributed by atoms with E-state index in [0.29, 0.717) is 0 Å². The fourth-order valence-corrected chi connectivity index (χ4v) is 1.68. The summed E-state index contributed by atoms with van der Waals surface area (Å²) in [7, 11) is 0. The lowest BCUT2D eigenvalue weighted by molar-refractivity contribution is -0.385. The van der Waals surface area contributed by atoms with Crippen molar-refractivity contribution in [1.29, 1.82) is 0 Å². The molecule has 0 fully saturated rings. The van der Waals surface area contributed by atoms with E-state index in [4.69, 9.17) is 9.94 Å². The molecule has 0 spiro atoms. The number of para-hydroxylation sites is 1. The first-order chi connectivity index (χ1) is 8.44. The van der Waals surface area contributed by atoms with Crippen molar-refractivity contribution in [2.75, 3.05) is 0 Å². The Bertz CT molecular complexity index is 554. The van der Waals surface area contributed by atoms with Crippen molar-refractivity contribution in [2.24, 2.45) is 5.16 Å². The molecule has 1 N–H and O–H groups in total. The molecule has 1 atom stereocenters. The molecule has 1 heterocycles. The highest BCUT2D eigenvalue weighted by Crippen LogP contribution is 2.30. The third-order valence-electron chi connectivity index (χ3n) is 2.73. The van der Waals surface area contributed by atoms with Gasteiger partial charge < -0.3 is 9.94 Å². The van der Waals surface area contributed by atoms with Crippen molar-refractivity contribution in [3.63, 3.8) is 0 Å². The number of aliphatic carboxylic acids is 1. The van der Waals surface area contributed by atoms with E-state index in [2.05, 4.69) is 5.16 Å². The van der Waals surface area contributed by atoms with Crippen LogP contribution in [0, 0.1) is 10.1 Å². The number of benzene rings is 1. The van der Waals surface area contributed by atoms with Crippen LogP contribution < -0.4 is 0 Å². The smallest absolute Gasteiger partial charge is 0.351 e. The number of hydrogen-bond acceptors (Lipinski definition) is 5. The van der Waals surface area contributed by atoms with Gasteiger partial charge in [0.2, 0.25) is 5.60 Å². The molecule has 0 radical (unpaired) electrons.